The first kappa shape index (κ1) is 57.2. The maximum atomic E-state index is 17.0. The number of rotatable bonds is 19. The predicted octanol–water partition coefficient (Wildman–Crippen LogP) is 12.7. The molecule has 2 aliphatic carbocycles. The van der Waals surface area contributed by atoms with Gasteiger partial charge in [0.05, 0.1) is 40.4 Å². The molecule has 2 aliphatic rings. The van der Waals surface area contributed by atoms with Crippen molar-refractivity contribution in [2.24, 2.45) is 5.92 Å². The van der Waals surface area contributed by atoms with Crippen LogP contribution in [0, 0.1) is 41.9 Å². The van der Waals surface area contributed by atoms with E-state index < -0.39 is 117 Å². The summed E-state index contributed by atoms with van der Waals surface area (Å²) in [5.74, 6) is -11.4. The van der Waals surface area contributed by atoms with Gasteiger partial charge in [-0.3, -0.25) is 24.2 Å². The number of pyridine rings is 2. The number of fused-ring (bicyclic) bond motifs is 4. The Hall–Kier alpha value is -8.63. The second-order valence-electron chi connectivity index (χ2n) is 21.4. The van der Waals surface area contributed by atoms with Gasteiger partial charge in [-0.15, -0.1) is 0 Å². The number of hydrogen-bond acceptors (Lipinski definition) is 7. The van der Waals surface area contributed by atoms with E-state index in [0.29, 0.717) is 55.0 Å². The molecule has 84 heavy (non-hydrogen) atoms. The van der Waals surface area contributed by atoms with E-state index in [-0.39, 0.29) is 64.2 Å². The molecule has 1 fully saturated rings. The van der Waals surface area contributed by atoms with Gasteiger partial charge in [-0.25, -0.2) is 43.9 Å². The van der Waals surface area contributed by atoms with Crippen LogP contribution in [-0.4, -0.2) is 51.0 Å². The van der Waals surface area contributed by atoms with Gasteiger partial charge in [-0.1, -0.05) is 36.4 Å². The van der Waals surface area contributed by atoms with E-state index in [0.717, 1.165) is 24.3 Å². The number of aromatic nitrogens is 5. The average molecular weight is 1180 g/mol. The average Bonchev–Trinajstić information content (AvgIpc) is 1.58. The van der Waals surface area contributed by atoms with Crippen LogP contribution < -0.4 is 15.4 Å². The Morgan fingerprint density at radius 1 is 0.714 bits per heavy atom. The fourth-order valence-corrected chi connectivity index (χ4v) is 12.7. The summed E-state index contributed by atoms with van der Waals surface area (Å²) in [5.41, 5.74) is 1.25. The molecule has 0 saturated heterocycles. The lowest BCUT2D eigenvalue weighted by atomic mass is 9.90. The number of amides is 2. The molecule has 4 heterocycles. The maximum Gasteiger partial charge on any atom is 0.293 e. The van der Waals surface area contributed by atoms with Crippen LogP contribution in [0.25, 0.3) is 44.3 Å². The minimum absolute atomic E-state index is 0.00341. The minimum Gasteiger partial charge on any atom is -0.361 e. The second kappa shape index (κ2) is 22.5. The Morgan fingerprint density at radius 2 is 1.32 bits per heavy atom. The largest absolute Gasteiger partial charge is 0.361 e. The zero-order valence-corrected chi connectivity index (χ0v) is 45.7. The Labute approximate surface area is 475 Å². The molecule has 4 aromatic heterocycles. The van der Waals surface area contributed by atoms with Crippen molar-refractivity contribution in [3.8, 4) is 33.4 Å². The highest BCUT2D eigenvalue weighted by Gasteiger charge is 2.67. The number of benzene rings is 5. The predicted molar refractivity (Wildman–Crippen MR) is 294 cm³/mol. The summed E-state index contributed by atoms with van der Waals surface area (Å²) >= 11 is 0. The number of sulfonamides is 1. The molecule has 4 N–H and O–H groups in total. The molecule has 0 radical (unpaired) electrons. The lowest BCUT2D eigenvalue weighted by molar-refractivity contribution is -0.123. The van der Waals surface area contributed by atoms with Gasteiger partial charge in [0.15, 0.2) is 0 Å². The van der Waals surface area contributed by atoms with Crippen LogP contribution >= 0.6 is 0 Å². The highest BCUT2D eigenvalue weighted by Crippen LogP contribution is 2.68. The van der Waals surface area contributed by atoms with Crippen LogP contribution in [-0.2, 0) is 51.3 Å². The Balaban J connectivity index is 0.927. The zero-order valence-electron chi connectivity index (χ0n) is 44.9. The van der Waals surface area contributed by atoms with E-state index in [4.69, 9.17) is 0 Å². The van der Waals surface area contributed by atoms with Gasteiger partial charge >= 0.3 is 0 Å². The lowest BCUT2D eigenvalue weighted by Crippen LogP contribution is -2.35. The number of alkyl halides is 4. The van der Waals surface area contributed by atoms with Crippen molar-refractivity contribution in [2.45, 2.75) is 94.3 Å². The topological polar surface area (TPSA) is 164 Å². The highest BCUT2D eigenvalue weighted by molar-refractivity contribution is 7.89. The molecule has 432 valence electrons. The van der Waals surface area contributed by atoms with Crippen molar-refractivity contribution in [3.05, 3.63) is 214 Å². The highest BCUT2D eigenvalue weighted by atomic mass is 32.2. The van der Waals surface area contributed by atoms with Crippen molar-refractivity contribution in [1.82, 2.24) is 40.1 Å². The van der Waals surface area contributed by atoms with Gasteiger partial charge in [-0.05, 0) is 158 Å². The monoisotopic (exact) mass is 1170 g/mol. The molecule has 12 nitrogen and oxygen atoms in total. The van der Waals surface area contributed by atoms with Crippen LogP contribution in [0.3, 0.4) is 0 Å². The van der Waals surface area contributed by atoms with E-state index in [1.165, 1.54) is 60.9 Å². The summed E-state index contributed by atoms with van der Waals surface area (Å²) in [7, 11) is -3.93. The molecule has 1 saturated carbocycles. The number of H-pyrrole nitrogens is 1. The summed E-state index contributed by atoms with van der Waals surface area (Å²) in [6.07, 6.45) is 0.430. The first-order valence-electron chi connectivity index (χ1n) is 26.7. The molecule has 9 aromatic rings. The van der Waals surface area contributed by atoms with Gasteiger partial charge in [0.2, 0.25) is 21.8 Å². The van der Waals surface area contributed by atoms with Gasteiger partial charge in [0.1, 0.15) is 47.0 Å². The van der Waals surface area contributed by atoms with E-state index in [1.54, 1.807) is 63.4 Å². The van der Waals surface area contributed by atoms with Gasteiger partial charge in [-0.2, -0.15) is 13.9 Å². The fraction of sp³-hybridized carbons (Fsp3) is 0.242. The Kier molecular flexibility index (Phi) is 15.3. The molecule has 5 aromatic carbocycles. The van der Waals surface area contributed by atoms with Crippen molar-refractivity contribution in [1.29, 1.82) is 0 Å². The van der Waals surface area contributed by atoms with Crippen molar-refractivity contribution in [2.75, 3.05) is 0 Å². The van der Waals surface area contributed by atoms with Crippen molar-refractivity contribution in [3.63, 3.8) is 0 Å². The third kappa shape index (κ3) is 11.4. The first-order valence-corrected chi connectivity index (χ1v) is 28.2. The second-order valence-corrected chi connectivity index (χ2v) is 23.1. The van der Waals surface area contributed by atoms with Gasteiger partial charge in [0.25, 0.3) is 12.3 Å². The summed E-state index contributed by atoms with van der Waals surface area (Å²) in [6.45, 7) is 4.01. The molecule has 2 amide bonds. The summed E-state index contributed by atoms with van der Waals surface area (Å²) in [5, 5.41) is 9.93. The van der Waals surface area contributed by atoms with Gasteiger partial charge < -0.3 is 15.6 Å². The number of nitrogens with one attached hydrogen (secondary N) is 4. The van der Waals surface area contributed by atoms with Crippen LogP contribution in [0.4, 0.5) is 39.5 Å². The summed E-state index contributed by atoms with van der Waals surface area (Å²) in [4.78, 5) is 40.2. The molecule has 4 atom stereocenters. The molecule has 0 spiro atoms. The number of aromatic amines is 1. The number of carbonyl (C=O) groups is 2. The Morgan fingerprint density at radius 3 is 1.95 bits per heavy atom. The van der Waals surface area contributed by atoms with Gasteiger partial charge in [0, 0.05) is 64.2 Å². The maximum absolute atomic E-state index is 17.0. The van der Waals surface area contributed by atoms with E-state index in [9.17, 15) is 40.0 Å². The summed E-state index contributed by atoms with van der Waals surface area (Å²) in [6, 6.07) is 23.3. The molecule has 11 rings (SSSR count). The normalized spacial score (nSPS) is 16.0. The van der Waals surface area contributed by atoms with E-state index in [1.807, 2.05) is 0 Å². The van der Waals surface area contributed by atoms with E-state index in [2.05, 4.69) is 35.4 Å². The number of nitrogens with zero attached hydrogens (tertiary/aromatic N) is 4. The minimum atomic E-state index is -3.93. The summed E-state index contributed by atoms with van der Waals surface area (Å²) < 4.78 is 167. The third-order valence-electron chi connectivity index (χ3n) is 15.1. The number of aryl methyl sites for hydroxylation is 1. The van der Waals surface area contributed by atoms with Crippen LogP contribution in [0.15, 0.2) is 139 Å². The molecular formula is C62H51F9N8O4S. The standard InChI is InChI=1S/C62H51F9N8O4S/c1-31(2)78-84(82,83)41-13-10-35(11-14-41)42-6-4-16-72-57(42)52(76-54(81)30-79-60-56(59(77-79)61(68)69)46-28-47(46)62(60,70)71)23-34-20-48(66)55(49(67)21-34)44-24-36(9-8-32(44)3)43-7-5-17-73-58(43)51(22-33-18-39(64)26-40(65)19-33)75-53(80)25-37-29-74-50-15-12-38(63)27-45(37)50/h4-21,24,26-27,29,31,46-47,51-52,61,74,78H,22-23,25,28,30H2,1-3H3,(H,75,80)(H,76,81)/t46?,47?,51-,52-/m0/s1. The smallest absolute Gasteiger partial charge is 0.293 e. The number of halogens is 9. The van der Waals surface area contributed by atoms with Crippen molar-refractivity contribution >= 4 is 32.7 Å². The third-order valence-corrected chi connectivity index (χ3v) is 16.8. The lowest BCUT2D eigenvalue weighted by Gasteiger charge is -2.23. The van der Waals surface area contributed by atoms with Crippen LogP contribution in [0.2, 0.25) is 0 Å². The molecule has 0 aliphatic heterocycles. The Bertz CT molecular complexity index is 4130. The molecule has 2 unspecified atom stereocenters. The molecule has 22 heteroatoms. The molecule has 0 bridgehead atoms. The van der Waals surface area contributed by atoms with E-state index >= 15 is 17.6 Å². The van der Waals surface area contributed by atoms with Crippen molar-refractivity contribution < 1.29 is 57.5 Å². The first-order chi connectivity index (χ1) is 40.0. The van der Waals surface area contributed by atoms with Crippen LogP contribution in [0.5, 0.6) is 0 Å². The van der Waals surface area contributed by atoms with Crippen LogP contribution in [0.1, 0.15) is 95.3 Å². The quantitative estimate of drug-likeness (QED) is 0.0586. The SMILES string of the molecule is Cc1ccc(-c2cccnc2[C@H](Cc2cc(F)cc(F)c2)NC(=O)Cc2c[nH]c3ccc(F)cc23)cc1-c1c(F)cc(C[C@H](NC(=O)Cn2nc(C(F)F)c3c2C(F)(F)C2CC32)c2ncccc2-c2ccc(S(=O)(=O)NC(C)C)cc2)cc1F. The zero-order chi connectivity index (χ0) is 59.5. The molecular weight excluding hydrogens is 1120 g/mol. The number of hydrogen-bond donors (Lipinski definition) is 4. The number of carbonyl (C=O) groups excluding carboxylic acids is 2. The fourth-order valence-electron chi connectivity index (χ4n) is 11.4.